The number of rotatable bonds is 8. The predicted octanol–water partition coefficient (Wildman–Crippen LogP) is 7.20. The number of anilines is 2. The summed E-state index contributed by atoms with van der Waals surface area (Å²) >= 11 is 0. The second-order valence-electron chi connectivity index (χ2n) is 15.2. The van der Waals surface area contributed by atoms with Gasteiger partial charge in [-0.05, 0) is 121 Å². The van der Waals surface area contributed by atoms with Gasteiger partial charge in [0.15, 0.2) is 0 Å². The van der Waals surface area contributed by atoms with Crippen molar-refractivity contribution < 1.29 is 14.7 Å². The molecule has 0 spiro atoms. The van der Waals surface area contributed by atoms with Crippen molar-refractivity contribution >= 4 is 23.2 Å². The highest BCUT2D eigenvalue weighted by Crippen LogP contribution is 2.47. The minimum atomic E-state index is -0.225. The number of imide groups is 1. The van der Waals surface area contributed by atoms with Crippen LogP contribution in [0.4, 0.5) is 11.4 Å². The van der Waals surface area contributed by atoms with E-state index in [4.69, 9.17) is 0 Å². The van der Waals surface area contributed by atoms with E-state index in [-0.39, 0.29) is 23.7 Å². The second-order valence-corrected chi connectivity index (χ2v) is 15.2. The number of nitrogens with zero attached hydrogens (tertiary/aromatic N) is 3. The Balaban J connectivity index is 0.816. The predicted molar refractivity (Wildman–Crippen MR) is 204 cm³/mol. The molecule has 0 radical (unpaired) electrons. The molecule has 264 valence electrons. The molecular weight excluding hydrogens is 633 g/mol. The number of piperazine rings is 1. The topological polar surface area (TPSA) is 76.1 Å². The third kappa shape index (κ3) is 7.41. The van der Waals surface area contributed by atoms with Gasteiger partial charge in [-0.15, -0.1) is 0 Å². The first kappa shape index (κ1) is 33.5. The van der Waals surface area contributed by atoms with E-state index in [2.05, 4.69) is 105 Å². The zero-order chi connectivity index (χ0) is 34.7. The standard InChI is InChI=1S/C44H50N4O3/c49-38-15-17-40-35(30-38)10-16-39(32-4-2-1-3-5-32)43(40)34-8-13-36(14-9-34)47-24-21-31(22-25-47)20-23-46-26-28-48(29-27-46)37-11-6-33(7-12-37)41-18-19-42(50)45-44(41)51/h1-9,11-15,17,30-31,39,41,43,49H,10,16,18-29H2,(H,45,50,51)/t39-,41?,43+/m0/s1. The van der Waals surface area contributed by atoms with Gasteiger partial charge in [0, 0.05) is 63.0 Å². The third-order valence-electron chi connectivity index (χ3n) is 12.2. The summed E-state index contributed by atoms with van der Waals surface area (Å²) in [6.07, 6.45) is 6.84. The number of hydrogen-bond acceptors (Lipinski definition) is 6. The summed E-state index contributed by atoms with van der Waals surface area (Å²) in [7, 11) is 0. The summed E-state index contributed by atoms with van der Waals surface area (Å²) in [6, 6.07) is 34.7. The number of phenols is 1. The molecule has 2 amide bonds. The summed E-state index contributed by atoms with van der Waals surface area (Å²) in [4.78, 5) is 31.5. The Morgan fingerprint density at radius 1 is 0.647 bits per heavy atom. The first-order valence-corrected chi connectivity index (χ1v) is 19.1. The molecule has 8 rings (SSSR count). The molecule has 7 nitrogen and oxygen atoms in total. The number of amides is 2. The molecule has 51 heavy (non-hydrogen) atoms. The summed E-state index contributed by atoms with van der Waals surface area (Å²) < 4.78 is 0. The molecule has 3 saturated heterocycles. The molecule has 7 heteroatoms. The molecule has 3 atom stereocenters. The number of carbonyl (C=O) groups is 2. The maximum Gasteiger partial charge on any atom is 0.234 e. The fraction of sp³-hybridized carbons (Fsp3) is 0.409. The molecule has 3 heterocycles. The Morgan fingerprint density at radius 3 is 2.00 bits per heavy atom. The van der Waals surface area contributed by atoms with Gasteiger partial charge < -0.3 is 14.9 Å². The highest BCUT2D eigenvalue weighted by molar-refractivity contribution is 6.00. The molecule has 1 aliphatic carbocycles. The highest BCUT2D eigenvalue weighted by atomic mass is 16.3. The van der Waals surface area contributed by atoms with Crippen LogP contribution in [0.25, 0.3) is 0 Å². The van der Waals surface area contributed by atoms with E-state index in [1.807, 2.05) is 12.1 Å². The average Bonchev–Trinajstić information content (AvgIpc) is 3.17. The van der Waals surface area contributed by atoms with Crippen molar-refractivity contribution in [3.63, 3.8) is 0 Å². The lowest BCUT2D eigenvalue weighted by Gasteiger charge is -2.38. The lowest BCUT2D eigenvalue weighted by Crippen LogP contribution is -2.47. The highest BCUT2D eigenvalue weighted by Gasteiger charge is 2.33. The van der Waals surface area contributed by atoms with Crippen LogP contribution in [0, 0.1) is 5.92 Å². The van der Waals surface area contributed by atoms with Crippen LogP contribution in [0.15, 0.2) is 97.1 Å². The van der Waals surface area contributed by atoms with Gasteiger partial charge in [0.05, 0.1) is 5.92 Å². The monoisotopic (exact) mass is 682 g/mol. The van der Waals surface area contributed by atoms with Crippen LogP contribution in [-0.4, -0.2) is 67.6 Å². The summed E-state index contributed by atoms with van der Waals surface area (Å²) in [5.41, 5.74) is 8.92. The van der Waals surface area contributed by atoms with Crippen molar-refractivity contribution in [2.45, 2.75) is 62.7 Å². The molecule has 3 fully saturated rings. The molecule has 2 N–H and O–H groups in total. The second kappa shape index (κ2) is 14.9. The van der Waals surface area contributed by atoms with Crippen LogP contribution in [-0.2, 0) is 16.0 Å². The van der Waals surface area contributed by atoms with E-state index in [0.29, 0.717) is 24.5 Å². The van der Waals surface area contributed by atoms with Crippen LogP contribution in [0.2, 0.25) is 0 Å². The molecule has 4 aromatic rings. The van der Waals surface area contributed by atoms with E-state index in [9.17, 15) is 14.7 Å². The van der Waals surface area contributed by atoms with Gasteiger partial charge in [0.25, 0.3) is 0 Å². The number of carbonyl (C=O) groups excluding carboxylic acids is 2. The summed E-state index contributed by atoms with van der Waals surface area (Å²) in [6.45, 7) is 7.61. The van der Waals surface area contributed by atoms with Crippen LogP contribution < -0.4 is 15.1 Å². The minimum Gasteiger partial charge on any atom is -0.508 e. The van der Waals surface area contributed by atoms with Gasteiger partial charge in [0.2, 0.25) is 11.8 Å². The fourth-order valence-corrected chi connectivity index (χ4v) is 9.17. The number of piperidine rings is 2. The van der Waals surface area contributed by atoms with E-state index in [1.54, 1.807) is 0 Å². The van der Waals surface area contributed by atoms with E-state index in [1.165, 1.54) is 59.4 Å². The van der Waals surface area contributed by atoms with Crippen molar-refractivity contribution in [2.24, 2.45) is 5.92 Å². The molecular formula is C44H50N4O3. The molecule has 4 aromatic carbocycles. The average molecular weight is 683 g/mol. The van der Waals surface area contributed by atoms with Crippen molar-refractivity contribution in [1.82, 2.24) is 10.2 Å². The van der Waals surface area contributed by atoms with Gasteiger partial charge in [-0.2, -0.15) is 0 Å². The van der Waals surface area contributed by atoms with Crippen molar-refractivity contribution in [3.8, 4) is 5.75 Å². The molecule has 0 saturated carbocycles. The van der Waals surface area contributed by atoms with E-state index < -0.39 is 0 Å². The maximum absolute atomic E-state index is 12.3. The zero-order valence-electron chi connectivity index (χ0n) is 29.6. The molecule has 4 aliphatic rings. The van der Waals surface area contributed by atoms with Gasteiger partial charge in [-0.3, -0.25) is 19.8 Å². The number of phenolic OH excluding ortho intramolecular Hbond substituents is 1. The van der Waals surface area contributed by atoms with Crippen LogP contribution in [0.5, 0.6) is 5.75 Å². The van der Waals surface area contributed by atoms with Gasteiger partial charge in [-0.25, -0.2) is 0 Å². The number of aromatic hydroxyl groups is 1. The normalized spacial score (nSPS) is 23.2. The smallest absolute Gasteiger partial charge is 0.234 e. The lowest BCUT2D eigenvalue weighted by molar-refractivity contribution is -0.134. The fourth-order valence-electron chi connectivity index (χ4n) is 9.17. The quantitative estimate of drug-likeness (QED) is 0.192. The Labute approximate surface area is 302 Å². The van der Waals surface area contributed by atoms with Gasteiger partial charge >= 0.3 is 0 Å². The Hall–Kier alpha value is -4.62. The summed E-state index contributed by atoms with van der Waals surface area (Å²) in [5, 5.41) is 12.7. The Bertz CT molecular complexity index is 1810. The molecule has 1 unspecified atom stereocenters. The maximum atomic E-state index is 12.3. The number of benzene rings is 4. The van der Waals surface area contributed by atoms with Crippen LogP contribution in [0.3, 0.4) is 0 Å². The van der Waals surface area contributed by atoms with Crippen LogP contribution in [0.1, 0.15) is 84.1 Å². The third-order valence-corrected chi connectivity index (χ3v) is 12.2. The lowest BCUT2D eigenvalue weighted by atomic mass is 9.69. The van der Waals surface area contributed by atoms with Gasteiger partial charge in [-0.1, -0.05) is 60.7 Å². The van der Waals surface area contributed by atoms with Crippen molar-refractivity contribution in [1.29, 1.82) is 0 Å². The minimum absolute atomic E-state index is 0.166. The molecule has 3 aliphatic heterocycles. The van der Waals surface area contributed by atoms with Crippen molar-refractivity contribution in [3.05, 3.63) is 125 Å². The summed E-state index contributed by atoms with van der Waals surface area (Å²) in [5.74, 6) is 1.28. The number of aryl methyl sites for hydroxylation is 1. The zero-order valence-corrected chi connectivity index (χ0v) is 29.6. The Kier molecular flexibility index (Phi) is 9.81. The molecule has 0 bridgehead atoms. The Morgan fingerprint density at radius 2 is 1.31 bits per heavy atom. The van der Waals surface area contributed by atoms with E-state index in [0.717, 1.165) is 63.6 Å². The van der Waals surface area contributed by atoms with Gasteiger partial charge in [0.1, 0.15) is 5.75 Å². The first-order valence-electron chi connectivity index (χ1n) is 19.1. The number of nitrogens with one attached hydrogen (secondary N) is 1. The number of hydrogen-bond donors (Lipinski definition) is 2. The molecule has 0 aromatic heterocycles. The van der Waals surface area contributed by atoms with Crippen LogP contribution >= 0.6 is 0 Å². The first-order chi connectivity index (χ1) is 25.0. The van der Waals surface area contributed by atoms with Crippen molar-refractivity contribution in [2.75, 3.05) is 55.6 Å². The van der Waals surface area contributed by atoms with E-state index >= 15 is 0 Å². The number of fused-ring (bicyclic) bond motifs is 1. The SMILES string of the molecule is O=C1CCC(c2ccc(N3CCN(CCC4CCN(c5ccc([C@H]6c7ccc(O)cc7CC[C@H]6c6ccccc6)cc5)CC4)CC3)cc2)C(=O)N1. The largest absolute Gasteiger partial charge is 0.508 e.